The monoisotopic (exact) mass is 540 g/mol. The van der Waals surface area contributed by atoms with Gasteiger partial charge < -0.3 is 0 Å². The Hall–Kier alpha value is -3.64. The fourth-order valence-electron chi connectivity index (χ4n) is 2.78. The van der Waals surface area contributed by atoms with E-state index in [4.69, 9.17) is 0 Å². The summed E-state index contributed by atoms with van der Waals surface area (Å²) in [5, 5.41) is 2.62. The Morgan fingerprint density at radius 3 is 0.550 bits per heavy atom. The predicted octanol–water partition coefficient (Wildman–Crippen LogP) is 14.0. The maximum absolute atomic E-state index is 2.12. The van der Waals surface area contributed by atoms with E-state index in [1.807, 2.05) is 132 Å². The zero-order valence-electron chi connectivity index (χ0n) is 27.9. The van der Waals surface area contributed by atoms with Gasteiger partial charge in [-0.3, -0.25) is 0 Å². The average Bonchev–Trinajstić information content (AvgIpc) is 3.12. The average molecular weight is 541 g/mol. The van der Waals surface area contributed by atoms with Crippen LogP contribution < -0.4 is 0 Å². The molecule has 0 unspecified atom stereocenters. The summed E-state index contributed by atoms with van der Waals surface area (Å²) in [7, 11) is 0. The van der Waals surface area contributed by atoms with Crippen molar-refractivity contribution in [1.29, 1.82) is 0 Å². The largest absolute Gasteiger partial charge is 0.0683 e. The molecule has 0 saturated heterocycles. The first-order valence-corrected chi connectivity index (χ1v) is 15.5. The molecule has 0 saturated carbocycles. The zero-order chi connectivity index (χ0) is 31.3. The van der Waals surface area contributed by atoms with Gasteiger partial charge in [-0.2, -0.15) is 0 Å². The molecule has 0 N–H and O–H groups in total. The Kier molecular flexibility index (Phi) is 43.3. The van der Waals surface area contributed by atoms with Crippen molar-refractivity contribution < 1.29 is 0 Å². The summed E-state index contributed by atoms with van der Waals surface area (Å²) < 4.78 is 0. The molecular weight excluding hydrogens is 480 g/mol. The summed E-state index contributed by atoms with van der Waals surface area (Å²) in [5.74, 6) is 0. The SMILES string of the molecule is CC.CC.CC.CC.CC.CC.c1ccc(-c2ccccc2)cc1.c1ccc2ccccc2c1.c1ccccc1. The second-order valence-electron chi connectivity index (χ2n) is 6.23. The smallest absolute Gasteiger partial charge is 0.0184 e. The number of hydrogen-bond acceptors (Lipinski definition) is 0. The van der Waals surface area contributed by atoms with Gasteiger partial charge in [-0.25, -0.2) is 0 Å². The van der Waals surface area contributed by atoms with Crippen molar-refractivity contribution >= 4 is 10.8 Å². The second kappa shape index (κ2) is 39.9. The van der Waals surface area contributed by atoms with Gasteiger partial charge in [-0.15, -0.1) is 0 Å². The third-order valence-electron chi connectivity index (χ3n) is 4.21. The lowest BCUT2D eigenvalue weighted by Gasteiger charge is -1.98. The van der Waals surface area contributed by atoms with E-state index in [2.05, 4.69) is 97.1 Å². The first-order valence-electron chi connectivity index (χ1n) is 15.5. The Bertz CT molecular complexity index is 906. The van der Waals surface area contributed by atoms with Gasteiger partial charge >= 0.3 is 0 Å². The van der Waals surface area contributed by atoms with Gasteiger partial charge in [0.05, 0.1) is 0 Å². The second-order valence-corrected chi connectivity index (χ2v) is 6.23. The van der Waals surface area contributed by atoms with Gasteiger partial charge in [0.2, 0.25) is 0 Å². The minimum Gasteiger partial charge on any atom is -0.0683 e. The molecule has 0 heteroatoms. The molecule has 220 valence electrons. The lowest BCUT2D eigenvalue weighted by molar-refractivity contribution is 1.50. The maximum Gasteiger partial charge on any atom is -0.0184 e. The van der Waals surface area contributed by atoms with Crippen LogP contribution in [0.1, 0.15) is 83.1 Å². The summed E-state index contributed by atoms with van der Waals surface area (Å²) in [6.07, 6.45) is 0. The van der Waals surface area contributed by atoms with Crippen LogP contribution in [0, 0.1) is 0 Å². The first-order chi connectivity index (χ1) is 19.9. The molecule has 0 aliphatic heterocycles. The van der Waals surface area contributed by atoms with E-state index in [1.54, 1.807) is 0 Å². The van der Waals surface area contributed by atoms with Crippen LogP contribution in [0.5, 0.6) is 0 Å². The number of benzene rings is 5. The van der Waals surface area contributed by atoms with E-state index in [1.165, 1.54) is 21.9 Å². The zero-order valence-corrected chi connectivity index (χ0v) is 27.9. The lowest BCUT2D eigenvalue weighted by atomic mass is 10.1. The summed E-state index contributed by atoms with van der Waals surface area (Å²) in [6.45, 7) is 24.0. The van der Waals surface area contributed by atoms with Gasteiger partial charge in [-0.05, 0) is 21.9 Å². The fraction of sp³-hybridized carbons (Fsp3) is 0.300. The van der Waals surface area contributed by atoms with Crippen molar-refractivity contribution in [1.82, 2.24) is 0 Å². The summed E-state index contributed by atoms with van der Waals surface area (Å²) in [5.41, 5.74) is 2.55. The highest BCUT2D eigenvalue weighted by Gasteiger charge is 1.91. The van der Waals surface area contributed by atoms with Gasteiger partial charge in [0.25, 0.3) is 0 Å². The summed E-state index contributed by atoms with van der Waals surface area (Å²) >= 11 is 0. The molecule has 0 aliphatic rings. The van der Waals surface area contributed by atoms with E-state index in [0.29, 0.717) is 0 Å². The van der Waals surface area contributed by atoms with Gasteiger partial charge in [0.1, 0.15) is 0 Å². The Labute approximate surface area is 250 Å². The number of hydrogen-bond donors (Lipinski definition) is 0. The highest BCUT2D eigenvalue weighted by molar-refractivity contribution is 5.82. The number of rotatable bonds is 1. The van der Waals surface area contributed by atoms with Crippen molar-refractivity contribution in [2.24, 2.45) is 0 Å². The van der Waals surface area contributed by atoms with E-state index >= 15 is 0 Å². The van der Waals surface area contributed by atoms with Crippen LogP contribution in [0.25, 0.3) is 21.9 Å². The first kappa shape index (κ1) is 43.4. The van der Waals surface area contributed by atoms with Crippen molar-refractivity contribution in [2.45, 2.75) is 83.1 Å². The summed E-state index contributed by atoms with van der Waals surface area (Å²) in [6, 6.07) is 49.5. The molecule has 0 amide bonds. The molecule has 0 aromatic heterocycles. The molecule has 0 aliphatic carbocycles. The molecule has 0 radical (unpaired) electrons. The van der Waals surface area contributed by atoms with Crippen LogP contribution in [0.3, 0.4) is 0 Å². The Balaban J connectivity index is -0.000000210. The molecule has 40 heavy (non-hydrogen) atoms. The topological polar surface area (TPSA) is 0 Å². The number of fused-ring (bicyclic) bond motifs is 1. The van der Waals surface area contributed by atoms with Crippen LogP contribution in [-0.2, 0) is 0 Å². The molecule has 5 rings (SSSR count). The molecule has 0 nitrogen and oxygen atoms in total. The molecule has 0 fully saturated rings. The van der Waals surface area contributed by atoms with Crippen molar-refractivity contribution in [3.05, 3.63) is 146 Å². The molecule has 0 bridgehead atoms. The molecule has 0 atom stereocenters. The van der Waals surface area contributed by atoms with Crippen molar-refractivity contribution in [3.8, 4) is 11.1 Å². The molecule has 5 aromatic rings. The Morgan fingerprint density at radius 2 is 0.350 bits per heavy atom. The van der Waals surface area contributed by atoms with Gasteiger partial charge in [0.15, 0.2) is 0 Å². The molecule has 5 aromatic carbocycles. The predicted molar refractivity (Wildman–Crippen MR) is 190 cm³/mol. The van der Waals surface area contributed by atoms with Crippen molar-refractivity contribution in [2.75, 3.05) is 0 Å². The van der Waals surface area contributed by atoms with Crippen LogP contribution in [0.2, 0.25) is 0 Å². The van der Waals surface area contributed by atoms with Crippen LogP contribution in [0.15, 0.2) is 146 Å². The summed E-state index contributed by atoms with van der Waals surface area (Å²) in [4.78, 5) is 0. The Morgan fingerprint density at radius 1 is 0.200 bits per heavy atom. The lowest BCUT2D eigenvalue weighted by Crippen LogP contribution is -1.73. The molecular formula is C40H60. The minimum atomic E-state index is 1.28. The molecule has 0 heterocycles. The van der Waals surface area contributed by atoms with Gasteiger partial charge in [0, 0.05) is 0 Å². The van der Waals surface area contributed by atoms with Crippen molar-refractivity contribution in [3.63, 3.8) is 0 Å². The van der Waals surface area contributed by atoms with E-state index in [0.717, 1.165) is 0 Å². The highest BCUT2D eigenvalue weighted by atomic mass is 14.0. The standard InChI is InChI=1S/C12H10.C10H8.C6H6.6C2H6/c1-3-7-11(8-4-1)12-9-5-2-6-10-12;1-2-6-10-8-4-3-7-9(10)5-1;1-2-4-6-5-3-1;6*1-2/h1-10H;1-8H;1-6H;6*1-2H3. The fourth-order valence-corrected chi connectivity index (χ4v) is 2.78. The normalized spacial score (nSPS) is 7.50. The third-order valence-corrected chi connectivity index (χ3v) is 4.21. The van der Waals surface area contributed by atoms with Gasteiger partial charge in [-0.1, -0.05) is 229 Å². The van der Waals surface area contributed by atoms with Crippen LogP contribution >= 0.6 is 0 Å². The quantitative estimate of drug-likeness (QED) is 0.198. The van der Waals surface area contributed by atoms with E-state index in [-0.39, 0.29) is 0 Å². The van der Waals surface area contributed by atoms with Crippen LogP contribution in [0.4, 0.5) is 0 Å². The maximum atomic E-state index is 2.12. The third kappa shape index (κ3) is 23.5. The van der Waals surface area contributed by atoms with E-state index < -0.39 is 0 Å². The van der Waals surface area contributed by atoms with E-state index in [9.17, 15) is 0 Å². The van der Waals surface area contributed by atoms with Crippen LogP contribution in [-0.4, -0.2) is 0 Å². The minimum absolute atomic E-state index is 1.28. The molecule has 0 spiro atoms. The highest BCUT2D eigenvalue weighted by Crippen LogP contribution is 2.17.